The van der Waals surface area contributed by atoms with E-state index in [2.05, 4.69) is 47.7 Å². The molecule has 0 amide bonds. The van der Waals surface area contributed by atoms with Gasteiger partial charge in [0.15, 0.2) is 0 Å². The Balaban J connectivity index is 2.04. The molecule has 102 valence electrons. The van der Waals surface area contributed by atoms with Crippen molar-refractivity contribution in [2.24, 2.45) is 0 Å². The quantitative estimate of drug-likeness (QED) is 0.823. The number of aryl methyl sites for hydroxylation is 2. The lowest BCUT2D eigenvalue weighted by molar-refractivity contribution is 0.199. The molecule has 0 fully saturated rings. The molecule has 0 aliphatic heterocycles. The zero-order chi connectivity index (χ0) is 13.7. The van der Waals surface area contributed by atoms with E-state index in [4.69, 9.17) is 4.74 Å². The van der Waals surface area contributed by atoms with Crippen LogP contribution in [0.1, 0.15) is 16.1 Å². The van der Waals surface area contributed by atoms with Gasteiger partial charge in [0.25, 0.3) is 0 Å². The van der Waals surface area contributed by atoms with E-state index in [0.717, 1.165) is 30.4 Å². The maximum atomic E-state index is 5.00. The van der Waals surface area contributed by atoms with Crippen LogP contribution in [0.25, 0.3) is 11.3 Å². The monoisotopic (exact) mass is 276 g/mol. The molecule has 19 heavy (non-hydrogen) atoms. The van der Waals surface area contributed by atoms with Crippen molar-refractivity contribution >= 4 is 11.3 Å². The van der Waals surface area contributed by atoms with E-state index < -0.39 is 0 Å². The maximum Gasteiger partial charge on any atom is 0.107 e. The van der Waals surface area contributed by atoms with Gasteiger partial charge in [-0.3, -0.25) is 0 Å². The normalized spacial score (nSPS) is 10.9. The Morgan fingerprint density at radius 2 is 2.16 bits per heavy atom. The van der Waals surface area contributed by atoms with E-state index in [9.17, 15) is 0 Å². The number of thiazole rings is 1. The smallest absolute Gasteiger partial charge is 0.107 e. The third-order valence-corrected chi connectivity index (χ3v) is 3.82. The van der Waals surface area contributed by atoms with Crippen LogP contribution >= 0.6 is 11.3 Å². The minimum absolute atomic E-state index is 0.731. The summed E-state index contributed by atoms with van der Waals surface area (Å²) in [4.78, 5) is 4.68. The van der Waals surface area contributed by atoms with Crippen LogP contribution in [-0.4, -0.2) is 25.2 Å². The van der Waals surface area contributed by atoms with Crippen molar-refractivity contribution in [1.82, 2.24) is 10.3 Å². The third-order valence-electron chi connectivity index (χ3n) is 2.97. The molecule has 0 atom stereocenters. The molecular weight excluding hydrogens is 256 g/mol. The molecule has 0 saturated heterocycles. The molecule has 0 saturated carbocycles. The summed E-state index contributed by atoms with van der Waals surface area (Å²) < 4.78 is 5.00. The van der Waals surface area contributed by atoms with Crippen molar-refractivity contribution in [2.75, 3.05) is 20.3 Å². The highest BCUT2D eigenvalue weighted by atomic mass is 32.1. The summed E-state index contributed by atoms with van der Waals surface area (Å²) in [6.45, 7) is 6.64. The second-order valence-corrected chi connectivity index (χ2v) is 5.56. The number of methoxy groups -OCH3 is 1. The Morgan fingerprint density at radius 3 is 2.89 bits per heavy atom. The summed E-state index contributed by atoms with van der Waals surface area (Å²) in [5.74, 6) is 0. The fourth-order valence-corrected chi connectivity index (χ4v) is 2.75. The highest BCUT2D eigenvalue weighted by molar-refractivity contribution is 7.09. The lowest BCUT2D eigenvalue weighted by Gasteiger charge is -2.04. The number of rotatable bonds is 6. The van der Waals surface area contributed by atoms with E-state index in [1.807, 2.05) is 0 Å². The number of aromatic nitrogens is 1. The number of nitrogens with zero attached hydrogens (tertiary/aromatic N) is 1. The fraction of sp³-hybridized carbons (Fsp3) is 0.400. The maximum absolute atomic E-state index is 5.00. The van der Waals surface area contributed by atoms with E-state index in [-0.39, 0.29) is 0 Å². The van der Waals surface area contributed by atoms with Crippen LogP contribution in [0.4, 0.5) is 0 Å². The van der Waals surface area contributed by atoms with Gasteiger partial charge in [-0.15, -0.1) is 11.3 Å². The highest BCUT2D eigenvalue weighted by Gasteiger charge is 2.07. The molecule has 0 aliphatic carbocycles. The molecule has 1 heterocycles. The number of nitrogens with one attached hydrogen (secondary N) is 1. The molecule has 1 aromatic carbocycles. The van der Waals surface area contributed by atoms with Crippen molar-refractivity contribution in [2.45, 2.75) is 20.4 Å². The molecule has 0 spiro atoms. The topological polar surface area (TPSA) is 34.1 Å². The molecule has 1 aromatic heterocycles. The lowest BCUT2D eigenvalue weighted by atomic mass is 10.0. The van der Waals surface area contributed by atoms with Crippen LogP contribution in [0.2, 0.25) is 0 Å². The molecule has 2 rings (SSSR count). The molecule has 1 N–H and O–H groups in total. The molecule has 3 nitrogen and oxygen atoms in total. The molecule has 0 radical (unpaired) electrons. The van der Waals surface area contributed by atoms with Gasteiger partial charge in [-0.25, -0.2) is 4.98 Å². The number of hydrogen-bond acceptors (Lipinski definition) is 4. The van der Waals surface area contributed by atoms with Gasteiger partial charge in [0.1, 0.15) is 5.01 Å². The fourth-order valence-electron chi connectivity index (χ4n) is 1.99. The summed E-state index contributed by atoms with van der Waals surface area (Å²) in [7, 11) is 1.71. The van der Waals surface area contributed by atoms with Gasteiger partial charge in [-0.2, -0.15) is 0 Å². The van der Waals surface area contributed by atoms with Crippen molar-refractivity contribution in [3.63, 3.8) is 0 Å². The summed E-state index contributed by atoms with van der Waals surface area (Å²) in [5.41, 5.74) is 4.87. The first-order valence-electron chi connectivity index (χ1n) is 6.42. The average Bonchev–Trinajstić information content (AvgIpc) is 2.83. The van der Waals surface area contributed by atoms with Crippen LogP contribution in [0.5, 0.6) is 0 Å². The van der Waals surface area contributed by atoms with Gasteiger partial charge in [-0.1, -0.05) is 23.8 Å². The van der Waals surface area contributed by atoms with Gasteiger partial charge in [0.2, 0.25) is 0 Å². The Labute approximate surface area is 118 Å². The first-order valence-corrected chi connectivity index (χ1v) is 7.30. The lowest BCUT2D eigenvalue weighted by Crippen LogP contribution is -2.18. The van der Waals surface area contributed by atoms with Gasteiger partial charge >= 0.3 is 0 Å². The predicted octanol–water partition coefficient (Wildman–Crippen LogP) is 3.16. The zero-order valence-corrected chi connectivity index (χ0v) is 12.5. The largest absolute Gasteiger partial charge is 0.383 e. The number of ether oxygens (including phenoxy) is 1. The number of benzene rings is 1. The van der Waals surface area contributed by atoms with Crippen molar-refractivity contribution < 1.29 is 4.74 Å². The molecule has 0 unspecified atom stereocenters. The van der Waals surface area contributed by atoms with Crippen LogP contribution in [0.3, 0.4) is 0 Å². The first kappa shape index (κ1) is 14.2. The van der Waals surface area contributed by atoms with Gasteiger partial charge in [-0.05, 0) is 19.4 Å². The highest BCUT2D eigenvalue weighted by Crippen LogP contribution is 2.25. The van der Waals surface area contributed by atoms with Crippen LogP contribution in [-0.2, 0) is 11.3 Å². The second-order valence-electron chi connectivity index (χ2n) is 4.61. The Kier molecular flexibility index (Phi) is 5.07. The van der Waals surface area contributed by atoms with E-state index in [1.165, 1.54) is 16.7 Å². The van der Waals surface area contributed by atoms with Crippen molar-refractivity contribution in [1.29, 1.82) is 0 Å². The Morgan fingerprint density at radius 1 is 1.32 bits per heavy atom. The molecule has 0 aliphatic rings. The van der Waals surface area contributed by atoms with Gasteiger partial charge in [0, 0.05) is 31.1 Å². The molecule has 2 aromatic rings. The third kappa shape index (κ3) is 3.86. The number of hydrogen-bond donors (Lipinski definition) is 1. The van der Waals surface area contributed by atoms with Crippen LogP contribution in [0, 0.1) is 13.8 Å². The summed E-state index contributed by atoms with van der Waals surface area (Å²) >= 11 is 1.70. The summed E-state index contributed by atoms with van der Waals surface area (Å²) in [6, 6.07) is 6.49. The van der Waals surface area contributed by atoms with Gasteiger partial charge in [0.05, 0.1) is 12.3 Å². The first-order chi connectivity index (χ1) is 9.20. The second kappa shape index (κ2) is 6.80. The standard InChI is InChI=1S/C15H20N2OS/c1-11-4-5-13(12(2)8-11)14-10-19-15(17-14)9-16-6-7-18-3/h4-5,8,10,16H,6-7,9H2,1-3H3. The Hall–Kier alpha value is -1.23. The Bertz CT molecular complexity index is 537. The van der Waals surface area contributed by atoms with E-state index in [0.29, 0.717) is 0 Å². The minimum atomic E-state index is 0.731. The summed E-state index contributed by atoms with van der Waals surface area (Å²) in [6.07, 6.45) is 0. The average molecular weight is 276 g/mol. The minimum Gasteiger partial charge on any atom is -0.383 e. The molecule has 0 bridgehead atoms. The molecular formula is C15H20N2OS. The van der Waals surface area contributed by atoms with Crippen molar-refractivity contribution in [3.05, 3.63) is 39.7 Å². The van der Waals surface area contributed by atoms with Gasteiger partial charge < -0.3 is 10.1 Å². The zero-order valence-electron chi connectivity index (χ0n) is 11.7. The summed E-state index contributed by atoms with van der Waals surface area (Å²) in [5, 5.41) is 6.56. The van der Waals surface area contributed by atoms with Crippen LogP contribution < -0.4 is 5.32 Å². The van der Waals surface area contributed by atoms with Crippen LogP contribution in [0.15, 0.2) is 23.6 Å². The predicted molar refractivity (Wildman–Crippen MR) is 80.6 cm³/mol. The SMILES string of the molecule is COCCNCc1nc(-c2ccc(C)cc2C)cs1. The van der Waals surface area contributed by atoms with E-state index in [1.54, 1.807) is 18.4 Å². The van der Waals surface area contributed by atoms with Crippen molar-refractivity contribution in [3.8, 4) is 11.3 Å². The molecule has 4 heteroatoms. The van der Waals surface area contributed by atoms with E-state index >= 15 is 0 Å².